The van der Waals surface area contributed by atoms with E-state index in [9.17, 15) is 13.9 Å². The van der Waals surface area contributed by atoms with Gasteiger partial charge < -0.3 is 9.84 Å². The van der Waals surface area contributed by atoms with Crippen molar-refractivity contribution in [1.29, 1.82) is 0 Å². The van der Waals surface area contributed by atoms with Crippen molar-refractivity contribution in [2.24, 2.45) is 0 Å². The molecule has 0 spiro atoms. The van der Waals surface area contributed by atoms with Gasteiger partial charge in [-0.05, 0) is 51.8 Å². The summed E-state index contributed by atoms with van der Waals surface area (Å²) in [5.74, 6) is -0.372. The van der Waals surface area contributed by atoms with Crippen LogP contribution >= 0.6 is 15.9 Å². The summed E-state index contributed by atoms with van der Waals surface area (Å²) in [6, 6.07) is 8.72. The summed E-state index contributed by atoms with van der Waals surface area (Å²) in [7, 11) is 0. The van der Waals surface area contributed by atoms with E-state index < -0.39 is 18.0 Å². The van der Waals surface area contributed by atoms with Crippen LogP contribution in [-0.4, -0.2) is 5.11 Å². The van der Waals surface area contributed by atoms with E-state index in [4.69, 9.17) is 4.74 Å². The zero-order valence-electron chi connectivity index (χ0n) is 10.3. The Bertz CT molecular complexity index is 660. The lowest BCUT2D eigenvalue weighted by Crippen LogP contribution is -2.19. The summed E-state index contributed by atoms with van der Waals surface area (Å²) >= 11 is 3.09. The van der Waals surface area contributed by atoms with Crippen molar-refractivity contribution in [2.75, 3.05) is 0 Å². The molecule has 2 aromatic rings. The summed E-state index contributed by atoms with van der Waals surface area (Å²) in [6.45, 7) is 0. The summed E-state index contributed by atoms with van der Waals surface area (Å²) in [5, 5.41) is 10.1. The Morgan fingerprint density at radius 3 is 2.70 bits per heavy atom. The number of hydrogen-bond acceptors (Lipinski definition) is 2. The molecule has 1 aliphatic rings. The smallest absolute Gasteiger partial charge is 0.137 e. The van der Waals surface area contributed by atoms with Gasteiger partial charge in [0.15, 0.2) is 0 Å². The van der Waals surface area contributed by atoms with Crippen LogP contribution in [0.3, 0.4) is 0 Å². The van der Waals surface area contributed by atoms with Crippen LogP contribution in [0.1, 0.15) is 29.8 Å². The maximum absolute atomic E-state index is 13.6. The number of aliphatic hydroxyl groups excluding tert-OH is 1. The lowest BCUT2D eigenvalue weighted by atomic mass is 9.95. The fourth-order valence-electron chi connectivity index (χ4n) is 2.33. The van der Waals surface area contributed by atoms with Gasteiger partial charge in [-0.15, -0.1) is 0 Å². The molecule has 1 N–H and O–H groups in total. The lowest BCUT2D eigenvalue weighted by Gasteiger charge is -2.30. The van der Waals surface area contributed by atoms with Gasteiger partial charge in [0.1, 0.15) is 23.5 Å². The van der Waals surface area contributed by atoms with Gasteiger partial charge in [0.2, 0.25) is 0 Å². The molecule has 1 unspecified atom stereocenters. The largest absolute Gasteiger partial charge is 0.485 e. The van der Waals surface area contributed by atoms with Crippen LogP contribution < -0.4 is 4.74 Å². The van der Waals surface area contributed by atoms with Crippen LogP contribution in [0, 0.1) is 11.6 Å². The first-order valence-corrected chi connectivity index (χ1v) is 6.93. The van der Waals surface area contributed by atoms with Gasteiger partial charge in [0, 0.05) is 12.0 Å². The van der Waals surface area contributed by atoms with Crippen molar-refractivity contribution in [3.05, 3.63) is 63.6 Å². The molecule has 2 nitrogen and oxygen atoms in total. The Labute approximate surface area is 123 Å². The Balaban J connectivity index is 1.94. The molecule has 1 aliphatic heterocycles. The van der Waals surface area contributed by atoms with Crippen LogP contribution in [0.15, 0.2) is 40.9 Å². The highest BCUT2D eigenvalue weighted by Crippen LogP contribution is 2.41. The number of fused-ring (bicyclic) bond motifs is 1. The van der Waals surface area contributed by atoms with E-state index in [1.165, 1.54) is 24.3 Å². The molecule has 2 aromatic carbocycles. The SMILES string of the molecule is O[C@H]1CC(c2ccc(Br)c(F)c2)Oc2ccc(F)cc21. The molecule has 1 heterocycles. The van der Waals surface area contributed by atoms with E-state index in [2.05, 4.69) is 15.9 Å². The number of hydrogen-bond donors (Lipinski definition) is 1. The molecule has 20 heavy (non-hydrogen) atoms. The topological polar surface area (TPSA) is 29.5 Å². The van der Waals surface area contributed by atoms with Crippen LogP contribution in [0.2, 0.25) is 0 Å². The van der Waals surface area contributed by atoms with E-state index in [1.54, 1.807) is 12.1 Å². The van der Waals surface area contributed by atoms with Gasteiger partial charge in [0.25, 0.3) is 0 Å². The van der Waals surface area contributed by atoms with E-state index in [-0.39, 0.29) is 12.2 Å². The van der Waals surface area contributed by atoms with Gasteiger partial charge in [-0.25, -0.2) is 8.78 Å². The number of halogens is 3. The average Bonchev–Trinajstić information content (AvgIpc) is 2.42. The summed E-state index contributed by atoms with van der Waals surface area (Å²) in [5.41, 5.74) is 1.07. The van der Waals surface area contributed by atoms with Crippen molar-refractivity contribution in [1.82, 2.24) is 0 Å². The first-order valence-electron chi connectivity index (χ1n) is 6.13. The molecule has 0 aliphatic carbocycles. The Kier molecular flexibility index (Phi) is 3.48. The zero-order valence-corrected chi connectivity index (χ0v) is 11.9. The molecule has 2 atom stereocenters. The van der Waals surface area contributed by atoms with Crippen molar-refractivity contribution >= 4 is 15.9 Å². The molecule has 0 saturated heterocycles. The molecular formula is C15H11BrF2O2. The van der Waals surface area contributed by atoms with E-state index >= 15 is 0 Å². The monoisotopic (exact) mass is 340 g/mol. The normalized spacial score (nSPS) is 21.2. The highest BCUT2D eigenvalue weighted by Gasteiger charge is 2.28. The Morgan fingerprint density at radius 1 is 1.15 bits per heavy atom. The molecule has 0 saturated carbocycles. The first-order chi connectivity index (χ1) is 9.54. The molecular weight excluding hydrogens is 330 g/mol. The predicted molar refractivity (Wildman–Crippen MR) is 73.4 cm³/mol. The highest BCUT2D eigenvalue weighted by molar-refractivity contribution is 9.10. The zero-order chi connectivity index (χ0) is 14.3. The number of aliphatic hydroxyl groups is 1. The third-order valence-corrected chi connectivity index (χ3v) is 4.00. The van der Waals surface area contributed by atoms with Crippen LogP contribution in [0.4, 0.5) is 8.78 Å². The van der Waals surface area contributed by atoms with Gasteiger partial charge in [-0.1, -0.05) is 6.07 Å². The predicted octanol–water partition coefficient (Wildman–Crippen LogP) is 4.28. The maximum atomic E-state index is 13.6. The van der Waals surface area contributed by atoms with E-state index in [1.807, 2.05) is 0 Å². The highest BCUT2D eigenvalue weighted by atomic mass is 79.9. The fraction of sp³-hybridized carbons (Fsp3) is 0.200. The minimum absolute atomic E-state index is 0.261. The number of ether oxygens (including phenoxy) is 1. The van der Waals surface area contributed by atoms with Gasteiger partial charge >= 0.3 is 0 Å². The summed E-state index contributed by atoms with van der Waals surface area (Å²) in [6.07, 6.45) is -1.02. The molecule has 104 valence electrons. The van der Waals surface area contributed by atoms with Gasteiger partial charge in [0.05, 0.1) is 10.6 Å². The van der Waals surface area contributed by atoms with E-state index in [0.717, 1.165) is 0 Å². The number of benzene rings is 2. The van der Waals surface area contributed by atoms with Gasteiger partial charge in [-0.2, -0.15) is 0 Å². The van der Waals surface area contributed by atoms with Crippen molar-refractivity contribution < 1.29 is 18.6 Å². The third kappa shape index (κ3) is 2.43. The van der Waals surface area contributed by atoms with Crippen LogP contribution in [0.5, 0.6) is 5.75 Å². The second kappa shape index (κ2) is 5.14. The van der Waals surface area contributed by atoms with Crippen LogP contribution in [-0.2, 0) is 0 Å². The molecule has 3 rings (SSSR count). The molecule has 0 fully saturated rings. The van der Waals surface area contributed by atoms with Crippen molar-refractivity contribution in [3.8, 4) is 5.75 Å². The fourth-order valence-corrected chi connectivity index (χ4v) is 2.58. The second-order valence-corrected chi connectivity index (χ2v) is 5.57. The number of rotatable bonds is 1. The standard InChI is InChI=1S/C15H11BrF2O2/c16-11-3-1-8(5-12(11)18)15-7-13(19)10-6-9(17)2-4-14(10)20-15/h1-6,13,15,19H,7H2/t13-,15?/m0/s1. The van der Waals surface area contributed by atoms with Crippen molar-refractivity contribution in [3.63, 3.8) is 0 Å². The van der Waals surface area contributed by atoms with E-state index in [0.29, 0.717) is 21.3 Å². The Hall–Kier alpha value is -1.46. The van der Waals surface area contributed by atoms with Crippen molar-refractivity contribution in [2.45, 2.75) is 18.6 Å². The third-order valence-electron chi connectivity index (χ3n) is 3.35. The summed E-state index contributed by atoms with van der Waals surface area (Å²) in [4.78, 5) is 0. The summed E-state index contributed by atoms with van der Waals surface area (Å²) < 4.78 is 32.8. The molecule has 0 bridgehead atoms. The van der Waals surface area contributed by atoms with Gasteiger partial charge in [-0.3, -0.25) is 0 Å². The maximum Gasteiger partial charge on any atom is 0.137 e. The minimum atomic E-state index is -0.828. The molecule has 0 amide bonds. The molecule has 0 radical (unpaired) electrons. The first kappa shape index (κ1) is 13.5. The average molecular weight is 341 g/mol. The van der Waals surface area contributed by atoms with Crippen LogP contribution in [0.25, 0.3) is 0 Å². The quantitative estimate of drug-likeness (QED) is 0.839. The Morgan fingerprint density at radius 2 is 1.95 bits per heavy atom. The lowest BCUT2D eigenvalue weighted by molar-refractivity contribution is 0.0652. The second-order valence-electron chi connectivity index (χ2n) is 4.71. The molecule has 0 aromatic heterocycles. The minimum Gasteiger partial charge on any atom is -0.485 e. The molecule has 5 heteroatoms.